The molecule has 1 aliphatic rings. The van der Waals surface area contributed by atoms with E-state index < -0.39 is 0 Å². The minimum Gasteiger partial charge on any atom is -0.239 e. The molecule has 1 fully saturated rings. The lowest BCUT2D eigenvalue weighted by atomic mass is 9.82. The van der Waals surface area contributed by atoms with Crippen molar-refractivity contribution in [1.29, 1.82) is 0 Å². The van der Waals surface area contributed by atoms with Crippen LogP contribution < -0.4 is 0 Å². The van der Waals surface area contributed by atoms with Gasteiger partial charge in [0.05, 0.1) is 6.04 Å². The van der Waals surface area contributed by atoms with Crippen molar-refractivity contribution in [3.05, 3.63) is 4.77 Å². The second-order valence-corrected chi connectivity index (χ2v) is 3.55. The summed E-state index contributed by atoms with van der Waals surface area (Å²) in [5, 5.41) is 10.1. The van der Waals surface area contributed by atoms with Gasteiger partial charge in [0.1, 0.15) is 0 Å². The number of aromatic nitrogens is 4. The standard InChI is InChI=1S/C6H10N4S/c1-4-2-5(3-4)10-6(11)7-8-9-10/h4-5H,2-3H2,1H3,(H,7,9,11). The molecule has 1 aromatic rings. The number of rotatable bonds is 1. The predicted octanol–water partition coefficient (Wildman–Crippen LogP) is 1.31. The van der Waals surface area contributed by atoms with Crippen molar-refractivity contribution in [3.8, 4) is 0 Å². The maximum Gasteiger partial charge on any atom is 0.238 e. The van der Waals surface area contributed by atoms with E-state index in [1.807, 2.05) is 4.68 Å². The summed E-state index contributed by atoms with van der Waals surface area (Å²) in [5.74, 6) is 0.824. The first-order chi connectivity index (χ1) is 5.27. The van der Waals surface area contributed by atoms with Crippen molar-refractivity contribution in [1.82, 2.24) is 20.2 Å². The van der Waals surface area contributed by atoms with Gasteiger partial charge in [-0.15, -0.1) is 0 Å². The zero-order valence-electron chi connectivity index (χ0n) is 6.32. The largest absolute Gasteiger partial charge is 0.239 e. The lowest BCUT2D eigenvalue weighted by molar-refractivity contribution is 0.196. The van der Waals surface area contributed by atoms with Crippen LogP contribution in [0.1, 0.15) is 25.8 Å². The number of H-pyrrole nitrogens is 1. The van der Waals surface area contributed by atoms with Crippen LogP contribution in [0.3, 0.4) is 0 Å². The Hall–Kier alpha value is -0.710. The molecule has 0 radical (unpaired) electrons. The van der Waals surface area contributed by atoms with Crippen molar-refractivity contribution in [3.63, 3.8) is 0 Å². The molecule has 0 aromatic carbocycles. The minimum absolute atomic E-state index is 0.521. The summed E-state index contributed by atoms with van der Waals surface area (Å²) in [6.45, 7) is 2.24. The van der Waals surface area contributed by atoms with E-state index in [9.17, 15) is 0 Å². The van der Waals surface area contributed by atoms with Gasteiger partial charge < -0.3 is 0 Å². The smallest absolute Gasteiger partial charge is 0.238 e. The van der Waals surface area contributed by atoms with E-state index in [1.54, 1.807) is 0 Å². The molecule has 0 unspecified atom stereocenters. The van der Waals surface area contributed by atoms with Crippen LogP contribution in [0.25, 0.3) is 0 Å². The lowest BCUT2D eigenvalue weighted by Gasteiger charge is -2.32. The molecule has 0 bridgehead atoms. The third-order valence-corrected chi connectivity index (χ3v) is 2.49. The van der Waals surface area contributed by atoms with Crippen LogP contribution in [-0.4, -0.2) is 20.2 Å². The van der Waals surface area contributed by atoms with Crippen LogP contribution in [0.2, 0.25) is 0 Å². The van der Waals surface area contributed by atoms with Crippen LogP contribution in [-0.2, 0) is 0 Å². The van der Waals surface area contributed by atoms with E-state index in [0.717, 1.165) is 5.92 Å². The highest BCUT2D eigenvalue weighted by atomic mass is 32.1. The van der Waals surface area contributed by atoms with E-state index in [0.29, 0.717) is 10.8 Å². The average molecular weight is 170 g/mol. The van der Waals surface area contributed by atoms with Gasteiger partial charge >= 0.3 is 0 Å². The van der Waals surface area contributed by atoms with Crippen molar-refractivity contribution in [2.45, 2.75) is 25.8 Å². The highest BCUT2D eigenvalue weighted by molar-refractivity contribution is 7.71. The molecule has 0 spiro atoms. The molecule has 1 aliphatic carbocycles. The van der Waals surface area contributed by atoms with Gasteiger partial charge in [0.15, 0.2) is 0 Å². The molecule has 1 N–H and O–H groups in total. The van der Waals surface area contributed by atoms with Gasteiger partial charge in [-0.3, -0.25) is 0 Å². The molecule has 1 aromatic heterocycles. The van der Waals surface area contributed by atoms with Gasteiger partial charge in [-0.2, -0.15) is 5.21 Å². The van der Waals surface area contributed by atoms with Crippen molar-refractivity contribution < 1.29 is 0 Å². The quantitative estimate of drug-likeness (QED) is 0.646. The Balaban J connectivity index is 2.19. The summed E-state index contributed by atoms with van der Waals surface area (Å²) in [6.07, 6.45) is 2.39. The van der Waals surface area contributed by atoms with Crippen molar-refractivity contribution in [2.75, 3.05) is 0 Å². The van der Waals surface area contributed by atoms with Crippen LogP contribution in [0, 0.1) is 10.7 Å². The fourth-order valence-electron chi connectivity index (χ4n) is 1.51. The topological polar surface area (TPSA) is 46.5 Å². The number of nitrogens with zero attached hydrogens (tertiary/aromatic N) is 3. The van der Waals surface area contributed by atoms with Gasteiger partial charge in [-0.05, 0) is 31.0 Å². The first-order valence-electron chi connectivity index (χ1n) is 3.77. The van der Waals surface area contributed by atoms with Gasteiger partial charge in [0, 0.05) is 0 Å². The number of nitrogens with one attached hydrogen (secondary N) is 1. The molecule has 1 saturated carbocycles. The van der Waals surface area contributed by atoms with E-state index in [1.165, 1.54) is 12.8 Å². The second-order valence-electron chi connectivity index (χ2n) is 3.18. The Bertz CT molecular complexity index is 296. The Morgan fingerprint density at radius 3 is 2.82 bits per heavy atom. The average Bonchev–Trinajstić information content (AvgIpc) is 2.29. The first kappa shape index (κ1) is 6.97. The highest BCUT2D eigenvalue weighted by Crippen LogP contribution is 2.36. The third kappa shape index (κ3) is 1.09. The maximum absolute atomic E-state index is 4.96. The molecule has 0 amide bonds. The van der Waals surface area contributed by atoms with Gasteiger partial charge in [0.25, 0.3) is 0 Å². The SMILES string of the molecule is CC1CC(n2[nH]nnc2=S)C1. The van der Waals surface area contributed by atoms with Crippen molar-refractivity contribution in [2.24, 2.45) is 5.92 Å². The molecule has 1 heterocycles. The Morgan fingerprint density at radius 2 is 2.36 bits per heavy atom. The van der Waals surface area contributed by atoms with Gasteiger partial charge in [-0.25, -0.2) is 4.68 Å². The Kier molecular flexibility index (Phi) is 1.52. The zero-order valence-corrected chi connectivity index (χ0v) is 7.14. The van der Waals surface area contributed by atoms with E-state index in [-0.39, 0.29) is 0 Å². The third-order valence-electron chi connectivity index (χ3n) is 2.21. The molecule has 60 valence electrons. The molecule has 4 nitrogen and oxygen atoms in total. The van der Waals surface area contributed by atoms with Gasteiger partial charge in [0.2, 0.25) is 4.77 Å². The highest BCUT2D eigenvalue weighted by Gasteiger charge is 2.27. The molecule has 2 rings (SSSR count). The maximum atomic E-state index is 4.96. The molecular formula is C6H10N4S. The number of hydrogen-bond donors (Lipinski definition) is 1. The summed E-state index contributed by atoms with van der Waals surface area (Å²) in [6, 6.07) is 0.521. The van der Waals surface area contributed by atoms with Gasteiger partial charge in [-0.1, -0.05) is 17.2 Å². The summed E-state index contributed by atoms with van der Waals surface area (Å²) in [4.78, 5) is 0. The van der Waals surface area contributed by atoms with Crippen molar-refractivity contribution >= 4 is 12.2 Å². The fourth-order valence-corrected chi connectivity index (χ4v) is 1.74. The second kappa shape index (κ2) is 2.41. The number of aromatic amines is 1. The Labute approximate surface area is 69.6 Å². The predicted molar refractivity (Wildman–Crippen MR) is 42.6 cm³/mol. The molecule has 0 saturated heterocycles. The monoisotopic (exact) mass is 170 g/mol. The zero-order chi connectivity index (χ0) is 7.84. The summed E-state index contributed by atoms with van der Waals surface area (Å²) < 4.78 is 2.44. The van der Waals surface area contributed by atoms with Crippen LogP contribution in [0.15, 0.2) is 0 Å². The number of tetrazole rings is 1. The van der Waals surface area contributed by atoms with Crippen LogP contribution in [0.5, 0.6) is 0 Å². The number of hydrogen-bond acceptors (Lipinski definition) is 3. The van der Waals surface area contributed by atoms with Crippen LogP contribution in [0.4, 0.5) is 0 Å². The van der Waals surface area contributed by atoms with E-state index >= 15 is 0 Å². The first-order valence-corrected chi connectivity index (χ1v) is 4.18. The lowest BCUT2D eigenvalue weighted by Crippen LogP contribution is -2.25. The molecule has 0 aliphatic heterocycles. The molecule has 11 heavy (non-hydrogen) atoms. The summed E-state index contributed by atoms with van der Waals surface area (Å²) in [7, 11) is 0. The normalized spacial score (nSPS) is 29.9. The van der Waals surface area contributed by atoms with Crippen LogP contribution >= 0.6 is 12.2 Å². The fraction of sp³-hybridized carbons (Fsp3) is 0.833. The molecule has 0 atom stereocenters. The molecular weight excluding hydrogens is 160 g/mol. The van der Waals surface area contributed by atoms with E-state index in [2.05, 4.69) is 22.4 Å². The minimum atomic E-state index is 0.521. The summed E-state index contributed by atoms with van der Waals surface area (Å²) in [5.41, 5.74) is 0. The van der Waals surface area contributed by atoms with E-state index in [4.69, 9.17) is 12.2 Å². The summed E-state index contributed by atoms with van der Waals surface area (Å²) >= 11 is 4.96. The Morgan fingerprint density at radius 1 is 1.64 bits per heavy atom. The molecule has 5 heteroatoms.